The molecule has 5 rings (SSSR count). The molecule has 2 aliphatic rings. The Morgan fingerprint density at radius 3 is 2.55 bits per heavy atom. The maximum absolute atomic E-state index is 14.0. The number of rotatable bonds is 3. The lowest BCUT2D eigenvalue weighted by atomic mass is 9.90. The second-order valence-electron chi connectivity index (χ2n) is 10.0. The van der Waals surface area contributed by atoms with Crippen molar-refractivity contribution in [1.82, 2.24) is 9.88 Å². The van der Waals surface area contributed by atoms with Crippen LogP contribution >= 0.6 is 0 Å². The molecule has 2 aromatic heterocycles. The van der Waals surface area contributed by atoms with Crippen molar-refractivity contribution in [2.24, 2.45) is 0 Å². The first kappa shape index (κ1) is 21.8. The van der Waals surface area contributed by atoms with Gasteiger partial charge in [-0.25, -0.2) is 0 Å². The zero-order chi connectivity index (χ0) is 23.2. The van der Waals surface area contributed by atoms with Crippen molar-refractivity contribution in [3.05, 3.63) is 53.4 Å². The Morgan fingerprint density at radius 1 is 1.06 bits per heavy atom. The Labute approximate surface area is 194 Å². The molecule has 1 aromatic carbocycles. The van der Waals surface area contributed by atoms with E-state index in [1.165, 1.54) is 19.3 Å². The van der Waals surface area contributed by atoms with Gasteiger partial charge in [-0.1, -0.05) is 44.2 Å². The van der Waals surface area contributed by atoms with Crippen molar-refractivity contribution in [3.63, 3.8) is 0 Å². The van der Waals surface area contributed by atoms with Gasteiger partial charge in [0.1, 0.15) is 11.2 Å². The summed E-state index contributed by atoms with van der Waals surface area (Å²) in [6.45, 7) is 6.29. The molecule has 1 saturated carbocycles. The number of hydrogen-bond acceptors (Lipinski definition) is 3. The van der Waals surface area contributed by atoms with E-state index in [-0.39, 0.29) is 17.9 Å². The van der Waals surface area contributed by atoms with E-state index in [0.717, 1.165) is 48.0 Å². The van der Waals surface area contributed by atoms with E-state index in [2.05, 4.69) is 5.32 Å². The first-order valence-corrected chi connectivity index (χ1v) is 12.2. The van der Waals surface area contributed by atoms with Crippen molar-refractivity contribution in [2.75, 3.05) is 4.90 Å². The van der Waals surface area contributed by atoms with Crippen LogP contribution in [0.4, 0.5) is 5.69 Å². The maximum atomic E-state index is 14.0. The number of benzene rings is 1. The monoisotopic (exact) mass is 447 g/mol. The van der Waals surface area contributed by atoms with Crippen molar-refractivity contribution >= 4 is 28.6 Å². The number of furan rings is 1. The zero-order valence-corrected chi connectivity index (χ0v) is 19.8. The molecule has 33 heavy (non-hydrogen) atoms. The van der Waals surface area contributed by atoms with Gasteiger partial charge in [-0.15, -0.1) is 0 Å². The number of anilines is 1. The van der Waals surface area contributed by atoms with E-state index in [1.54, 1.807) is 17.2 Å². The molecule has 0 spiro atoms. The van der Waals surface area contributed by atoms with Gasteiger partial charge < -0.3 is 14.3 Å². The summed E-state index contributed by atoms with van der Waals surface area (Å²) in [4.78, 5) is 29.6. The quantitative estimate of drug-likeness (QED) is 0.576. The Hall–Kier alpha value is -3.02. The largest absolute Gasteiger partial charge is 0.463 e. The summed E-state index contributed by atoms with van der Waals surface area (Å²) in [5, 5.41) is 3.35. The number of aromatic nitrogens is 1. The highest BCUT2D eigenvalue weighted by molar-refractivity contribution is 6.14. The summed E-state index contributed by atoms with van der Waals surface area (Å²) in [7, 11) is 0. The Kier molecular flexibility index (Phi) is 5.55. The van der Waals surface area contributed by atoms with Crippen LogP contribution in [-0.2, 0) is 11.3 Å². The molecule has 1 aliphatic heterocycles. The van der Waals surface area contributed by atoms with Crippen molar-refractivity contribution < 1.29 is 14.0 Å². The molecule has 6 nitrogen and oxygen atoms in total. The van der Waals surface area contributed by atoms with Gasteiger partial charge in [0.2, 0.25) is 5.91 Å². The highest BCUT2D eigenvalue weighted by Gasteiger charge is 2.49. The first-order chi connectivity index (χ1) is 15.9. The maximum Gasteiger partial charge on any atom is 0.276 e. The summed E-state index contributed by atoms with van der Waals surface area (Å²) in [6.07, 6.45) is 9.64. The van der Waals surface area contributed by atoms with Gasteiger partial charge in [-0.05, 0) is 50.8 Å². The fraction of sp³-hybridized carbons (Fsp3) is 0.481. The first-order valence-electron chi connectivity index (χ1n) is 12.2. The van der Waals surface area contributed by atoms with Crippen LogP contribution in [0.3, 0.4) is 0 Å². The molecule has 0 unspecified atom stereocenters. The fourth-order valence-electron chi connectivity index (χ4n) is 5.49. The van der Waals surface area contributed by atoms with Gasteiger partial charge in [0, 0.05) is 23.9 Å². The van der Waals surface area contributed by atoms with Gasteiger partial charge in [-0.3, -0.25) is 14.5 Å². The number of carbonyl (C=O) groups excluding carboxylic acids is 2. The Balaban J connectivity index is 1.58. The lowest BCUT2D eigenvalue weighted by Crippen LogP contribution is -2.65. The number of nitrogens with one attached hydrogen (secondary N) is 1. The topological polar surface area (TPSA) is 67.5 Å². The number of fused-ring (bicyclic) bond motifs is 3. The van der Waals surface area contributed by atoms with E-state index < -0.39 is 5.54 Å². The Bertz CT molecular complexity index is 1200. The highest BCUT2D eigenvalue weighted by Crippen LogP contribution is 2.38. The summed E-state index contributed by atoms with van der Waals surface area (Å²) >= 11 is 0. The van der Waals surface area contributed by atoms with Crippen molar-refractivity contribution in [3.8, 4) is 0 Å². The third-order valence-electron chi connectivity index (χ3n) is 7.44. The van der Waals surface area contributed by atoms with Crippen LogP contribution in [-0.4, -0.2) is 28.0 Å². The van der Waals surface area contributed by atoms with Gasteiger partial charge in [0.25, 0.3) is 5.91 Å². The lowest BCUT2D eigenvalue weighted by Gasteiger charge is -2.45. The van der Waals surface area contributed by atoms with E-state index in [1.807, 2.05) is 49.6 Å². The predicted molar refractivity (Wildman–Crippen MR) is 130 cm³/mol. The number of carbonyl (C=O) groups is 2. The summed E-state index contributed by atoms with van der Waals surface area (Å²) < 4.78 is 7.53. The van der Waals surface area contributed by atoms with E-state index in [0.29, 0.717) is 17.8 Å². The SMILES string of the molecule is Cc1ccc(C)c(N2C(=O)c3cc4occc4n3C[C@@]2(C)C(=O)NC2CCCCCCC2)c1. The standard InChI is InChI=1S/C27H33N3O3/c1-18-11-12-19(2)22(15-18)30-25(31)23-16-24-21(13-14-33-24)29(23)17-27(30,3)26(32)28-20-9-7-5-4-6-8-10-20/h11-16,20H,4-10,17H2,1-3H3,(H,28,32)/t27-/m0/s1. The van der Waals surface area contributed by atoms with Crippen LogP contribution in [0.5, 0.6) is 0 Å². The molecule has 6 heteroatoms. The molecule has 3 heterocycles. The highest BCUT2D eigenvalue weighted by atomic mass is 16.3. The van der Waals surface area contributed by atoms with Crippen LogP contribution in [0.15, 0.2) is 41.0 Å². The van der Waals surface area contributed by atoms with Crippen molar-refractivity contribution in [2.45, 2.75) is 83.8 Å². The average molecular weight is 448 g/mol. The minimum Gasteiger partial charge on any atom is -0.463 e. The smallest absolute Gasteiger partial charge is 0.276 e. The van der Waals surface area contributed by atoms with E-state index in [9.17, 15) is 9.59 Å². The minimum atomic E-state index is -1.06. The lowest BCUT2D eigenvalue weighted by molar-refractivity contribution is -0.127. The molecule has 1 N–H and O–H groups in total. The van der Waals surface area contributed by atoms with Crippen LogP contribution < -0.4 is 10.2 Å². The molecule has 3 aromatic rings. The predicted octanol–water partition coefficient (Wildman–Crippen LogP) is 5.50. The molecule has 2 amide bonds. The second-order valence-corrected chi connectivity index (χ2v) is 10.0. The molecule has 1 atom stereocenters. The number of hydrogen-bond donors (Lipinski definition) is 1. The Morgan fingerprint density at radius 2 is 1.79 bits per heavy atom. The van der Waals surface area contributed by atoms with E-state index >= 15 is 0 Å². The van der Waals surface area contributed by atoms with Crippen LogP contribution in [0.25, 0.3) is 11.1 Å². The van der Waals surface area contributed by atoms with Gasteiger partial charge >= 0.3 is 0 Å². The van der Waals surface area contributed by atoms with Crippen LogP contribution in [0.2, 0.25) is 0 Å². The molecule has 0 radical (unpaired) electrons. The average Bonchev–Trinajstić information content (AvgIpc) is 3.35. The summed E-state index contributed by atoms with van der Waals surface area (Å²) in [5.41, 5.74) is 3.84. The minimum absolute atomic E-state index is 0.0849. The normalized spacial score (nSPS) is 22.2. The van der Waals surface area contributed by atoms with Crippen molar-refractivity contribution in [1.29, 1.82) is 0 Å². The third kappa shape index (κ3) is 3.75. The van der Waals surface area contributed by atoms with Gasteiger partial charge in [0.05, 0.1) is 18.3 Å². The van der Waals surface area contributed by atoms with Gasteiger partial charge in [0.15, 0.2) is 5.58 Å². The zero-order valence-electron chi connectivity index (χ0n) is 19.8. The molecular weight excluding hydrogens is 414 g/mol. The number of aryl methyl sites for hydroxylation is 2. The molecular formula is C27H33N3O3. The summed E-state index contributed by atoms with van der Waals surface area (Å²) in [6, 6.07) is 9.89. The number of amides is 2. The molecule has 0 saturated heterocycles. The van der Waals surface area contributed by atoms with E-state index in [4.69, 9.17) is 4.42 Å². The fourth-order valence-corrected chi connectivity index (χ4v) is 5.49. The molecule has 174 valence electrons. The second kappa shape index (κ2) is 8.40. The molecule has 0 bridgehead atoms. The number of nitrogens with zero attached hydrogens (tertiary/aromatic N) is 2. The molecule has 1 fully saturated rings. The van der Waals surface area contributed by atoms with Gasteiger partial charge in [-0.2, -0.15) is 0 Å². The molecule has 1 aliphatic carbocycles. The van der Waals surface area contributed by atoms with Crippen LogP contribution in [0, 0.1) is 13.8 Å². The van der Waals surface area contributed by atoms with Crippen LogP contribution in [0.1, 0.15) is 73.5 Å². The third-order valence-corrected chi connectivity index (χ3v) is 7.44. The summed E-state index contributed by atoms with van der Waals surface area (Å²) in [5.74, 6) is -0.255.